The Kier molecular flexibility index (Phi) is 3.61. The number of hydrogen-bond donors (Lipinski definition) is 2. The minimum Gasteiger partial charge on any atom is -0.384 e. The number of carbonyl (C=O) groups excluding carboxylic acids is 1. The van der Waals surface area contributed by atoms with Gasteiger partial charge in [-0.3, -0.25) is 9.69 Å². The standard InChI is InChI=1S/C27H22N6O/c1-14-9-16-15(2)11-26(3,4)33-22(16)17(10-14)27(25(33)34)18(12-28)23(30)32-21-8-6-5-7-20(21)31-24(32)19(27)13-29/h5-11,31H,30H2,1-4H3. The van der Waals surface area contributed by atoms with Crippen LogP contribution in [0.4, 0.5) is 17.1 Å². The zero-order chi connectivity index (χ0) is 24.2. The Bertz CT molecular complexity index is 1540. The number of anilines is 3. The summed E-state index contributed by atoms with van der Waals surface area (Å²) in [5.74, 6) is 0.245. The molecule has 1 unspecified atom stereocenters. The largest absolute Gasteiger partial charge is 0.384 e. The van der Waals surface area contributed by atoms with Crippen molar-refractivity contribution in [3.63, 3.8) is 0 Å². The molecule has 2 aromatic carbocycles. The van der Waals surface area contributed by atoms with Crippen molar-refractivity contribution < 1.29 is 4.79 Å². The number of allylic oxidation sites excluding steroid dienone is 1. The van der Waals surface area contributed by atoms with E-state index in [1.165, 1.54) is 0 Å². The first-order valence-electron chi connectivity index (χ1n) is 11.1. The molecule has 1 atom stereocenters. The van der Waals surface area contributed by atoms with Gasteiger partial charge in [-0.05, 0) is 51.5 Å². The molecule has 0 saturated heterocycles. The Morgan fingerprint density at radius 3 is 2.47 bits per heavy atom. The van der Waals surface area contributed by atoms with Gasteiger partial charge >= 0.3 is 0 Å². The number of rotatable bonds is 0. The van der Waals surface area contributed by atoms with Crippen molar-refractivity contribution in [1.82, 2.24) is 0 Å². The third-order valence-corrected chi connectivity index (χ3v) is 7.31. The van der Waals surface area contributed by atoms with E-state index in [-0.39, 0.29) is 22.9 Å². The van der Waals surface area contributed by atoms with Crippen molar-refractivity contribution in [3.8, 4) is 12.1 Å². The fourth-order valence-corrected chi connectivity index (χ4v) is 6.08. The highest BCUT2D eigenvalue weighted by molar-refractivity contribution is 6.18. The Hall–Kier alpha value is -4.49. The van der Waals surface area contributed by atoms with Gasteiger partial charge in [-0.2, -0.15) is 10.5 Å². The summed E-state index contributed by atoms with van der Waals surface area (Å²) < 4.78 is 0. The van der Waals surface area contributed by atoms with Gasteiger partial charge in [0.2, 0.25) is 5.91 Å². The molecule has 4 aliphatic rings. The Morgan fingerprint density at radius 1 is 1.06 bits per heavy atom. The number of nitriles is 2. The van der Waals surface area contributed by atoms with Gasteiger partial charge in [-0.1, -0.05) is 29.8 Å². The lowest BCUT2D eigenvalue weighted by atomic mass is 9.67. The first-order valence-corrected chi connectivity index (χ1v) is 11.1. The first kappa shape index (κ1) is 20.1. The number of carbonyl (C=O) groups is 1. The van der Waals surface area contributed by atoms with Crippen molar-refractivity contribution in [2.75, 3.05) is 15.1 Å². The van der Waals surface area contributed by atoms with Crippen LogP contribution >= 0.6 is 0 Å². The van der Waals surface area contributed by atoms with E-state index in [0.717, 1.165) is 33.8 Å². The summed E-state index contributed by atoms with van der Waals surface area (Å²) >= 11 is 0. The van der Waals surface area contributed by atoms with Crippen molar-refractivity contribution >= 4 is 28.5 Å². The molecule has 0 aromatic heterocycles. The van der Waals surface area contributed by atoms with Crippen LogP contribution in [0.25, 0.3) is 5.57 Å². The van der Waals surface area contributed by atoms with E-state index in [4.69, 9.17) is 5.73 Å². The van der Waals surface area contributed by atoms with Crippen molar-refractivity contribution in [2.45, 2.75) is 38.6 Å². The summed E-state index contributed by atoms with van der Waals surface area (Å²) in [5.41, 5.74) is 10.5. The lowest BCUT2D eigenvalue weighted by Gasteiger charge is -2.41. The van der Waals surface area contributed by atoms with Crippen LogP contribution < -0.4 is 20.9 Å². The Labute approximate surface area is 197 Å². The molecule has 6 rings (SSSR count). The van der Waals surface area contributed by atoms with Gasteiger partial charge in [0.1, 0.15) is 23.8 Å². The Balaban J connectivity index is 1.78. The summed E-state index contributed by atoms with van der Waals surface area (Å²) in [7, 11) is 0. The molecule has 2 aromatic rings. The average molecular weight is 447 g/mol. The van der Waals surface area contributed by atoms with Crippen molar-refractivity contribution in [2.24, 2.45) is 5.73 Å². The summed E-state index contributed by atoms with van der Waals surface area (Å²) in [4.78, 5) is 18.0. The van der Waals surface area contributed by atoms with Gasteiger partial charge in [0.25, 0.3) is 0 Å². The SMILES string of the molecule is CC1=CC(C)(C)N2C(=O)C3(C(C#N)=C(N)N4C(=C3C#N)Nc3ccccc34)c3cc(C)cc1c32. The zero-order valence-electron chi connectivity index (χ0n) is 19.3. The third kappa shape index (κ3) is 2.03. The summed E-state index contributed by atoms with van der Waals surface area (Å²) in [5, 5.41) is 24.3. The quantitative estimate of drug-likeness (QED) is 0.629. The second kappa shape index (κ2) is 6.09. The number of benzene rings is 2. The molecule has 3 N–H and O–H groups in total. The topological polar surface area (TPSA) is 109 Å². The molecule has 166 valence electrons. The maximum atomic E-state index is 14.6. The highest BCUT2D eigenvalue weighted by Gasteiger charge is 2.64. The minimum absolute atomic E-state index is 0.0759. The number of nitrogens with one attached hydrogen (secondary N) is 1. The van der Waals surface area contributed by atoms with Gasteiger partial charge in [-0.25, -0.2) is 0 Å². The number of hydrogen-bond acceptors (Lipinski definition) is 6. The van der Waals surface area contributed by atoms with Gasteiger partial charge in [0.15, 0.2) is 5.41 Å². The highest BCUT2D eigenvalue weighted by atomic mass is 16.2. The van der Waals surface area contributed by atoms with Crippen molar-refractivity contribution in [3.05, 3.63) is 82.0 Å². The first-order chi connectivity index (χ1) is 16.2. The zero-order valence-corrected chi connectivity index (χ0v) is 19.3. The third-order valence-electron chi connectivity index (χ3n) is 7.31. The number of nitrogens with zero attached hydrogens (tertiary/aromatic N) is 4. The number of fused-ring (bicyclic) bond motifs is 4. The molecule has 34 heavy (non-hydrogen) atoms. The van der Waals surface area contributed by atoms with Gasteiger partial charge in [0.05, 0.1) is 33.7 Å². The molecule has 0 aliphatic carbocycles. The molecule has 1 amide bonds. The lowest BCUT2D eigenvalue weighted by molar-refractivity contribution is -0.121. The van der Waals surface area contributed by atoms with E-state index in [9.17, 15) is 15.3 Å². The number of nitrogens with two attached hydrogens (primary N) is 1. The minimum atomic E-state index is -1.62. The lowest BCUT2D eigenvalue weighted by Crippen LogP contribution is -2.54. The van der Waals surface area contributed by atoms with Crippen LogP contribution in [-0.2, 0) is 10.2 Å². The molecule has 1 spiro atoms. The van der Waals surface area contributed by atoms with Crippen LogP contribution in [0.1, 0.15) is 37.5 Å². The van der Waals surface area contributed by atoms with E-state index in [1.54, 1.807) is 9.80 Å². The van der Waals surface area contributed by atoms with Gasteiger partial charge < -0.3 is 16.0 Å². The molecule has 7 heteroatoms. The maximum absolute atomic E-state index is 14.6. The van der Waals surface area contributed by atoms with Crippen LogP contribution in [0.5, 0.6) is 0 Å². The van der Waals surface area contributed by atoms with Crippen molar-refractivity contribution in [1.29, 1.82) is 10.5 Å². The summed E-state index contributed by atoms with van der Waals surface area (Å²) in [6, 6.07) is 16.0. The summed E-state index contributed by atoms with van der Waals surface area (Å²) in [6.45, 7) is 7.93. The van der Waals surface area contributed by atoms with Crippen LogP contribution in [0.3, 0.4) is 0 Å². The predicted molar refractivity (Wildman–Crippen MR) is 130 cm³/mol. The average Bonchev–Trinajstić information content (AvgIpc) is 3.28. The van der Waals surface area contributed by atoms with Crippen LogP contribution in [0, 0.1) is 29.6 Å². The smallest absolute Gasteiger partial charge is 0.249 e. The van der Waals surface area contributed by atoms with E-state index in [1.807, 2.05) is 58.0 Å². The molecule has 0 bridgehead atoms. The summed E-state index contributed by atoms with van der Waals surface area (Å²) in [6.07, 6.45) is 2.06. The number of amides is 1. The highest BCUT2D eigenvalue weighted by Crippen LogP contribution is 2.60. The van der Waals surface area contributed by atoms with Crippen LogP contribution in [0.15, 0.2) is 65.3 Å². The van der Waals surface area contributed by atoms with Crippen LogP contribution in [-0.4, -0.2) is 11.4 Å². The van der Waals surface area contributed by atoms with E-state index >= 15 is 0 Å². The second-order valence-electron chi connectivity index (χ2n) is 9.77. The number of para-hydroxylation sites is 2. The van der Waals surface area contributed by atoms with E-state index < -0.39 is 11.0 Å². The maximum Gasteiger partial charge on any atom is 0.249 e. The second-order valence-corrected chi connectivity index (χ2v) is 9.77. The molecular weight excluding hydrogens is 424 g/mol. The normalized spacial score (nSPS) is 23.2. The van der Waals surface area contributed by atoms with Gasteiger partial charge in [0, 0.05) is 11.1 Å². The molecule has 0 fully saturated rings. The Morgan fingerprint density at radius 2 is 1.76 bits per heavy atom. The van der Waals surface area contributed by atoms with E-state index in [2.05, 4.69) is 29.6 Å². The molecule has 0 radical (unpaired) electrons. The molecule has 4 heterocycles. The van der Waals surface area contributed by atoms with Crippen LogP contribution in [0.2, 0.25) is 0 Å². The molecular formula is C27H22N6O. The fraction of sp³-hybridized carbons (Fsp3) is 0.222. The monoisotopic (exact) mass is 446 g/mol. The molecule has 0 saturated carbocycles. The molecule has 7 nitrogen and oxygen atoms in total. The predicted octanol–water partition coefficient (Wildman–Crippen LogP) is 4.15. The van der Waals surface area contributed by atoms with Gasteiger partial charge in [-0.15, -0.1) is 0 Å². The molecule has 4 aliphatic heterocycles. The fourth-order valence-electron chi connectivity index (χ4n) is 6.08. The number of aryl methyl sites for hydroxylation is 1. The van der Waals surface area contributed by atoms with E-state index in [0.29, 0.717) is 11.4 Å².